The molecule has 1 atom stereocenters. The van der Waals surface area contributed by atoms with E-state index in [1.165, 1.54) is 0 Å². The lowest BCUT2D eigenvalue weighted by molar-refractivity contribution is 0.0511. The summed E-state index contributed by atoms with van der Waals surface area (Å²) in [5.74, 6) is 0. The van der Waals surface area contributed by atoms with E-state index in [0.29, 0.717) is 5.02 Å². The van der Waals surface area contributed by atoms with Gasteiger partial charge >= 0.3 is 6.09 Å². The van der Waals surface area contributed by atoms with Crippen molar-refractivity contribution in [3.05, 3.63) is 34.9 Å². The van der Waals surface area contributed by atoms with Crippen molar-refractivity contribution >= 4 is 17.7 Å². The van der Waals surface area contributed by atoms with Gasteiger partial charge in [-0.3, -0.25) is 0 Å². The van der Waals surface area contributed by atoms with Gasteiger partial charge in [-0.25, -0.2) is 4.79 Å². The smallest absolute Gasteiger partial charge is 0.410 e. The maximum Gasteiger partial charge on any atom is 0.410 e. The molecule has 0 aliphatic carbocycles. The van der Waals surface area contributed by atoms with Gasteiger partial charge in [-0.2, -0.15) is 0 Å². The van der Waals surface area contributed by atoms with Crippen molar-refractivity contribution < 1.29 is 9.53 Å². The van der Waals surface area contributed by atoms with Crippen molar-refractivity contribution in [2.45, 2.75) is 52.8 Å². The number of ether oxygens (including phenoxy) is 1. The van der Waals surface area contributed by atoms with Crippen molar-refractivity contribution in [2.75, 3.05) is 0 Å². The molecule has 1 aromatic rings. The Hall–Kier alpha value is -1.22. The number of hydrogen-bond acceptors (Lipinski definition) is 2. The topological polar surface area (TPSA) is 29.5 Å². The van der Waals surface area contributed by atoms with E-state index in [2.05, 4.69) is 0 Å². The maximum absolute atomic E-state index is 12.2. The number of nitrogens with zero attached hydrogens (tertiary/aromatic N) is 1. The molecule has 19 heavy (non-hydrogen) atoms. The quantitative estimate of drug-likeness (QED) is 0.804. The van der Waals surface area contributed by atoms with E-state index in [4.69, 9.17) is 16.3 Å². The van der Waals surface area contributed by atoms with Crippen LogP contribution in [0.3, 0.4) is 0 Å². The van der Waals surface area contributed by atoms with Crippen LogP contribution in [-0.2, 0) is 4.74 Å². The molecular weight excluding hydrogens is 262 g/mol. The number of hydrogen-bond donors (Lipinski definition) is 0. The molecule has 0 aromatic heterocycles. The van der Waals surface area contributed by atoms with E-state index in [0.717, 1.165) is 5.56 Å². The highest BCUT2D eigenvalue weighted by Crippen LogP contribution is 2.21. The molecule has 0 fully saturated rings. The average molecular weight is 284 g/mol. The summed E-state index contributed by atoms with van der Waals surface area (Å²) in [6.07, 6.45) is -0.572. The summed E-state index contributed by atoms with van der Waals surface area (Å²) in [5, 5.41) is 0.674. The van der Waals surface area contributed by atoms with Crippen molar-refractivity contribution in [1.82, 2.24) is 4.90 Å². The molecule has 4 heteroatoms. The first-order valence-corrected chi connectivity index (χ1v) is 6.95. The number of carbonyl (C=O) groups is 1. The molecule has 0 aliphatic rings. The summed E-state index contributed by atoms with van der Waals surface area (Å²) >= 11 is 5.84. The van der Waals surface area contributed by atoms with E-state index in [1.54, 1.807) is 17.0 Å². The molecule has 106 valence electrons. The van der Waals surface area contributed by atoms with Crippen molar-refractivity contribution in [3.8, 4) is 0 Å². The molecule has 0 bridgehead atoms. The van der Waals surface area contributed by atoms with Crippen LogP contribution in [0.15, 0.2) is 24.3 Å². The second-order valence-electron chi connectivity index (χ2n) is 5.17. The third-order valence-electron chi connectivity index (χ3n) is 2.94. The fraction of sp³-hybridized carbons (Fsp3) is 0.533. The van der Waals surface area contributed by atoms with Gasteiger partial charge in [0.05, 0.1) is 0 Å². The summed E-state index contributed by atoms with van der Waals surface area (Å²) < 4.78 is 5.50. The number of carbonyl (C=O) groups excluding carboxylic acids is 1. The Morgan fingerprint density at radius 3 is 1.95 bits per heavy atom. The minimum absolute atomic E-state index is 0.116. The third kappa shape index (κ3) is 4.43. The standard InChI is InChI=1S/C15H22ClNO2/c1-10(2)17(11(3)4)15(18)19-12(5)13-6-8-14(16)9-7-13/h6-12H,1-5H3/t12-/m0/s1. The number of rotatable bonds is 4. The highest BCUT2D eigenvalue weighted by Gasteiger charge is 2.23. The van der Waals surface area contributed by atoms with Crippen molar-refractivity contribution in [2.24, 2.45) is 0 Å². The molecule has 0 aliphatic heterocycles. The molecule has 1 aromatic carbocycles. The first-order chi connectivity index (χ1) is 8.82. The summed E-state index contributed by atoms with van der Waals surface area (Å²) in [5.41, 5.74) is 0.935. The molecule has 0 heterocycles. The van der Waals surface area contributed by atoms with Crippen LogP contribution in [0.4, 0.5) is 4.79 Å². The van der Waals surface area contributed by atoms with Crippen LogP contribution in [-0.4, -0.2) is 23.1 Å². The number of halogens is 1. The molecule has 0 spiro atoms. The van der Waals surface area contributed by atoms with E-state index < -0.39 is 0 Å². The fourth-order valence-corrected chi connectivity index (χ4v) is 2.16. The van der Waals surface area contributed by atoms with Crippen molar-refractivity contribution in [3.63, 3.8) is 0 Å². The van der Waals surface area contributed by atoms with Crippen LogP contribution < -0.4 is 0 Å². The zero-order valence-electron chi connectivity index (χ0n) is 12.2. The van der Waals surface area contributed by atoms with Gasteiger partial charge in [-0.05, 0) is 52.3 Å². The number of amides is 1. The molecule has 0 unspecified atom stereocenters. The first kappa shape index (κ1) is 15.8. The normalized spacial score (nSPS) is 12.6. The minimum Gasteiger partial charge on any atom is -0.442 e. The molecule has 3 nitrogen and oxygen atoms in total. The van der Waals surface area contributed by atoms with E-state index in [-0.39, 0.29) is 24.3 Å². The van der Waals surface area contributed by atoms with Crippen LogP contribution >= 0.6 is 11.6 Å². The Bertz CT molecular complexity index is 407. The van der Waals surface area contributed by atoms with Crippen LogP contribution in [0.5, 0.6) is 0 Å². The van der Waals surface area contributed by atoms with Gasteiger partial charge < -0.3 is 9.64 Å². The van der Waals surface area contributed by atoms with Crippen LogP contribution in [0.2, 0.25) is 5.02 Å². The molecule has 0 N–H and O–H groups in total. The number of benzene rings is 1. The van der Waals surface area contributed by atoms with Gasteiger partial charge in [0, 0.05) is 17.1 Å². The summed E-state index contributed by atoms with van der Waals surface area (Å²) in [7, 11) is 0. The van der Waals surface area contributed by atoms with Crippen LogP contribution in [0.25, 0.3) is 0 Å². The van der Waals surface area contributed by atoms with E-state index >= 15 is 0 Å². The fourth-order valence-electron chi connectivity index (χ4n) is 2.03. The molecule has 0 radical (unpaired) electrons. The largest absolute Gasteiger partial charge is 0.442 e. The third-order valence-corrected chi connectivity index (χ3v) is 3.19. The predicted molar refractivity (Wildman–Crippen MR) is 78.5 cm³/mol. The summed E-state index contributed by atoms with van der Waals surface area (Å²) in [4.78, 5) is 13.9. The van der Waals surface area contributed by atoms with Crippen LogP contribution in [0, 0.1) is 0 Å². The second kappa shape index (κ2) is 6.80. The predicted octanol–water partition coefficient (Wildman–Crippen LogP) is 4.66. The summed E-state index contributed by atoms with van der Waals surface area (Å²) in [6.45, 7) is 9.78. The lowest BCUT2D eigenvalue weighted by Gasteiger charge is -2.31. The van der Waals surface area contributed by atoms with Crippen molar-refractivity contribution in [1.29, 1.82) is 0 Å². The van der Waals surface area contributed by atoms with Gasteiger partial charge in [0.1, 0.15) is 6.10 Å². The van der Waals surface area contributed by atoms with Gasteiger partial charge in [0.15, 0.2) is 0 Å². The summed E-state index contributed by atoms with van der Waals surface area (Å²) in [6, 6.07) is 7.56. The molecular formula is C15H22ClNO2. The Balaban J connectivity index is 2.72. The average Bonchev–Trinajstić information content (AvgIpc) is 2.28. The highest BCUT2D eigenvalue weighted by molar-refractivity contribution is 6.30. The minimum atomic E-state index is -0.287. The molecule has 0 saturated carbocycles. The zero-order chi connectivity index (χ0) is 14.6. The Labute approximate surface area is 120 Å². The maximum atomic E-state index is 12.2. The lowest BCUT2D eigenvalue weighted by Crippen LogP contribution is -2.42. The lowest BCUT2D eigenvalue weighted by atomic mass is 10.1. The molecule has 1 amide bonds. The zero-order valence-corrected chi connectivity index (χ0v) is 12.9. The van der Waals surface area contributed by atoms with E-state index in [1.807, 2.05) is 46.8 Å². The second-order valence-corrected chi connectivity index (χ2v) is 5.61. The molecule has 0 saturated heterocycles. The Kier molecular flexibility index (Phi) is 5.67. The van der Waals surface area contributed by atoms with Gasteiger partial charge in [-0.15, -0.1) is 0 Å². The van der Waals surface area contributed by atoms with E-state index in [9.17, 15) is 4.79 Å². The van der Waals surface area contributed by atoms with Gasteiger partial charge in [0.2, 0.25) is 0 Å². The SMILES string of the molecule is CC(C)N(C(=O)O[C@@H](C)c1ccc(Cl)cc1)C(C)C. The highest BCUT2D eigenvalue weighted by atomic mass is 35.5. The monoisotopic (exact) mass is 283 g/mol. The molecule has 1 rings (SSSR count). The Morgan fingerprint density at radius 2 is 1.53 bits per heavy atom. The first-order valence-electron chi connectivity index (χ1n) is 6.57. The van der Waals surface area contributed by atoms with Gasteiger partial charge in [0.25, 0.3) is 0 Å². The van der Waals surface area contributed by atoms with Crippen LogP contribution in [0.1, 0.15) is 46.3 Å². The van der Waals surface area contributed by atoms with Gasteiger partial charge in [-0.1, -0.05) is 23.7 Å². The Morgan fingerprint density at radius 1 is 1.05 bits per heavy atom.